The molecular weight excluding hydrogens is 332 g/mol. The van der Waals surface area contributed by atoms with Crippen LogP contribution in [0.15, 0.2) is 41.6 Å². The summed E-state index contributed by atoms with van der Waals surface area (Å²) in [7, 11) is -1.24. The van der Waals surface area contributed by atoms with Crippen molar-refractivity contribution in [1.82, 2.24) is 9.97 Å². The topological polar surface area (TPSA) is 72.1 Å². The summed E-state index contributed by atoms with van der Waals surface area (Å²) in [6, 6.07) is 12.8. The number of aromatic nitrogens is 2. The average Bonchev–Trinajstić information content (AvgIpc) is 2.60. The first-order valence-corrected chi connectivity index (χ1v) is 9.82. The van der Waals surface area contributed by atoms with Gasteiger partial charge >= 0.3 is 0 Å². The summed E-state index contributed by atoms with van der Waals surface area (Å²) in [5, 5.41) is 2.78. The molecule has 0 saturated heterocycles. The highest BCUT2D eigenvalue weighted by Crippen LogP contribution is 2.32. The average molecular weight is 352 g/mol. The number of aryl methyl sites for hydroxylation is 1. The van der Waals surface area contributed by atoms with Crippen molar-refractivity contribution in [3.05, 3.63) is 53.2 Å². The van der Waals surface area contributed by atoms with Crippen LogP contribution < -0.4 is 10.6 Å². The molecule has 0 saturated carbocycles. The highest BCUT2D eigenvalue weighted by Gasteiger charge is 2.23. The monoisotopic (exact) mass is 352 g/mol. The predicted octanol–water partition coefficient (Wildman–Crippen LogP) is 2.82. The van der Waals surface area contributed by atoms with Crippen LogP contribution in [0.4, 0.5) is 11.5 Å². The number of nitrogens with two attached hydrogens (primary N) is 1. The maximum absolute atomic E-state index is 11.8. The Balaban J connectivity index is 1.80. The first-order valence-electron chi connectivity index (χ1n) is 8.26. The molecule has 25 heavy (non-hydrogen) atoms. The van der Waals surface area contributed by atoms with E-state index in [1.807, 2.05) is 0 Å². The molecule has 6 heteroatoms. The zero-order valence-corrected chi connectivity index (χ0v) is 15.1. The standard InChI is InChI=1S/C19H20N4OS/c1-12-9-13-5-3-4-6-14(13)17(10-12)23-8-7-15-16(11-23)21-19(25(2)24)22-18(15)20/h3-6,9-10H,7-8,11H2,1-2H3,(H2,20,21,22). The Labute approximate surface area is 149 Å². The molecule has 0 bridgehead atoms. The van der Waals surface area contributed by atoms with Crippen molar-refractivity contribution in [1.29, 1.82) is 0 Å². The van der Waals surface area contributed by atoms with Gasteiger partial charge in [0.2, 0.25) is 5.16 Å². The predicted molar refractivity (Wildman–Crippen MR) is 102 cm³/mol. The van der Waals surface area contributed by atoms with Crippen LogP contribution in [0.2, 0.25) is 0 Å². The third-order valence-electron chi connectivity index (χ3n) is 4.66. The maximum atomic E-state index is 11.8. The molecule has 1 unspecified atom stereocenters. The summed E-state index contributed by atoms with van der Waals surface area (Å²) < 4.78 is 11.8. The third-order valence-corrected chi connectivity index (χ3v) is 5.36. The molecule has 0 amide bonds. The lowest BCUT2D eigenvalue weighted by Gasteiger charge is -2.31. The zero-order valence-electron chi connectivity index (χ0n) is 14.3. The van der Waals surface area contributed by atoms with Gasteiger partial charge in [-0.3, -0.25) is 4.21 Å². The van der Waals surface area contributed by atoms with Crippen molar-refractivity contribution in [2.75, 3.05) is 23.4 Å². The molecule has 1 aromatic heterocycles. The van der Waals surface area contributed by atoms with Gasteiger partial charge in [-0.25, -0.2) is 9.97 Å². The molecule has 2 N–H and O–H groups in total. The van der Waals surface area contributed by atoms with Gasteiger partial charge < -0.3 is 10.6 Å². The molecule has 2 aromatic carbocycles. The van der Waals surface area contributed by atoms with Gasteiger partial charge in [-0.15, -0.1) is 0 Å². The highest BCUT2D eigenvalue weighted by atomic mass is 32.2. The van der Waals surface area contributed by atoms with Crippen LogP contribution in [0.3, 0.4) is 0 Å². The summed E-state index contributed by atoms with van der Waals surface area (Å²) in [5.41, 5.74) is 10.4. The molecule has 128 valence electrons. The number of nitrogens with zero attached hydrogens (tertiary/aromatic N) is 3. The fourth-order valence-electron chi connectivity index (χ4n) is 3.47. The lowest BCUT2D eigenvalue weighted by atomic mass is 10.0. The summed E-state index contributed by atoms with van der Waals surface area (Å²) >= 11 is 0. The van der Waals surface area contributed by atoms with Crippen molar-refractivity contribution in [2.24, 2.45) is 0 Å². The third kappa shape index (κ3) is 2.87. The number of anilines is 2. The van der Waals surface area contributed by atoms with Crippen molar-refractivity contribution in [2.45, 2.75) is 25.0 Å². The van der Waals surface area contributed by atoms with Crippen molar-refractivity contribution >= 4 is 33.1 Å². The van der Waals surface area contributed by atoms with E-state index in [1.165, 1.54) is 22.0 Å². The Morgan fingerprint density at radius 1 is 1.20 bits per heavy atom. The van der Waals surface area contributed by atoms with Gasteiger partial charge in [-0.05, 0) is 30.4 Å². The van der Waals surface area contributed by atoms with Crippen molar-refractivity contribution in [3.63, 3.8) is 0 Å². The normalized spacial score (nSPS) is 15.2. The summed E-state index contributed by atoms with van der Waals surface area (Å²) in [6.07, 6.45) is 2.37. The molecule has 1 atom stereocenters. The Kier molecular flexibility index (Phi) is 3.92. The van der Waals surface area contributed by atoms with E-state index in [9.17, 15) is 4.21 Å². The second-order valence-corrected chi connectivity index (χ2v) is 7.72. The quantitative estimate of drug-likeness (QED) is 0.718. The van der Waals surface area contributed by atoms with E-state index >= 15 is 0 Å². The second-order valence-electron chi connectivity index (χ2n) is 6.45. The van der Waals surface area contributed by atoms with E-state index in [-0.39, 0.29) is 0 Å². The van der Waals surface area contributed by atoms with Crippen LogP contribution in [-0.2, 0) is 23.8 Å². The number of hydrogen-bond acceptors (Lipinski definition) is 5. The number of nitrogen functional groups attached to an aromatic ring is 1. The van der Waals surface area contributed by atoms with Crippen LogP contribution in [0.1, 0.15) is 16.8 Å². The Hall–Kier alpha value is -2.47. The number of fused-ring (bicyclic) bond motifs is 2. The molecule has 1 aliphatic rings. The SMILES string of the molecule is Cc1cc(N2CCc3c(N)nc(S(C)=O)nc3C2)c2ccccc2c1. The minimum Gasteiger partial charge on any atom is -0.383 e. The van der Waals surface area contributed by atoms with Gasteiger partial charge in [-0.1, -0.05) is 30.3 Å². The summed E-state index contributed by atoms with van der Waals surface area (Å²) in [5.74, 6) is 0.462. The molecule has 0 spiro atoms. The minimum absolute atomic E-state index is 0.312. The Bertz CT molecular complexity index is 1000. The molecule has 1 aliphatic heterocycles. The second kappa shape index (κ2) is 6.11. The largest absolute Gasteiger partial charge is 0.383 e. The highest BCUT2D eigenvalue weighted by molar-refractivity contribution is 7.84. The van der Waals surface area contributed by atoms with Crippen LogP contribution in [0.25, 0.3) is 10.8 Å². The molecule has 5 nitrogen and oxygen atoms in total. The van der Waals surface area contributed by atoms with E-state index in [0.29, 0.717) is 17.5 Å². The maximum Gasteiger partial charge on any atom is 0.220 e. The van der Waals surface area contributed by atoms with E-state index in [1.54, 1.807) is 6.26 Å². The fraction of sp³-hybridized carbons (Fsp3) is 0.263. The van der Waals surface area contributed by atoms with E-state index in [2.05, 4.69) is 58.2 Å². The van der Waals surface area contributed by atoms with Gasteiger partial charge in [0.1, 0.15) is 5.82 Å². The van der Waals surface area contributed by atoms with Gasteiger partial charge in [0, 0.05) is 29.4 Å². The minimum atomic E-state index is -1.24. The van der Waals surface area contributed by atoms with Gasteiger partial charge in [0.05, 0.1) is 23.0 Å². The van der Waals surface area contributed by atoms with Gasteiger partial charge in [0.25, 0.3) is 0 Å². The van der Waals surface area contributed by atoms with E-state index in [0.717, 1.165) is 24.2 Å². The smallest absolute Gasteiger partial charge is 0.220 e. The molecule has 0 aliphatic carbocycles. The van der Waals surface area contributed by atoms with Crippen LogP contribution in [-0.4, -0.2) is 27.0 Å². The van der Waals surface area contributed by atoms with E-state index < -0.39 is 10.8 Å². The molecule has 2 heterocycles. The first kappa shape index (κ1) is 16.0. The van der Waals surface area contributed by atoms with Gasteiger partial charge in [-0.2, -0.15) is 0 Å². The van der Waals surface area contributed by atoms with E-state index in [4.69, 9.17) is 5.73 Å². The number of benzene rings is 2. The molecular formula is C19H20N4OS. The number of rotatable bonds is 2. The van der Waals surface area contributed by atoms with Crippen molar-refractivity contribution in [3.8, 4) is 0 Å². The van der Waals surface area contributed by atoms with Crippen LogP contribution in [0, 0.1) is 6.92 Å². The van der Waals surface area contributed by atoms with Crippen molar-refractivity contribution < 1.29 is 4.21 Å². The van der Waals surface area contributed by atoms with Crippen LogP contribution >= 0.6 is 0 Å². The lowest BCUT2D eigenvalue weighted by Crippen LogP contribution is -2.32. The summed E-state index contributed by atoms with van der Waals surface area (Å²) in [6.45, 7) is 3.63. The zero-order chi connectivity index (χ0) is 17.6. The van der Waals surface area contributed by atoms with Gasteiger partial charge in [0.15, 0.2) is 0 Å². The lowest BCUT2D eigenvalue weighted by molar-refractivity contribution is 0.665. The first-order chi connectivity index (χ1) is 12.0. The molecule has 4 rings (SSSR count). The summed E-state index contributed by atoms with van der Waals surface area (Å²) in [4.78, 5) is 11.0. The Morgan fingerprint density at radius 2 is 2.00 bits per heavy atom. The number of hydrogen-bond donors (Lipinski definition) is 1. The molecule has 0 fully saturated rings. The fourth-order valence-corrected chi connectivity index (χ4v) is 3.93. The Morgan fingerprint density at radius 3 is 2.80 bits per heavy atom. The molecule has 0 radical (unpaired) electrons. The molecule has 3 aromatic rings. The van der Waals surface area contributed by atoms with Crippen LogP contribution in [0.5, 0.6) is 0 Å².